The van der Waals surface area contributed by atoms with Crippen LogP contribution < -0.4 is 19.5 Å². The molecule has 1 N–H and O–H groups in total. The van der Waals surface area contributed by atoms with E-state index in [0.717, 1.165) is 10.4 Å². The van der Waals surface area contributed by atoms with E-state index in [1.165, 1.54) is 32.7 Å². The van der Waals surface area contributed by atoms with Crippen LogP contribution >= 0.6 is 11.3 Å². The fourth-order valence-corrected chi connectivity index (χ4v) is 3.63. The molecule has 0 aliphatic heterocycles. The van der Waals surface area contributed by atoms with Crippen molar-refractivity contribution in [3.63, 3.8) is 0 Å². The first-order chi connectivity index (χ1) is 14.1. The summed E-state index contributed by atoms with van der Waals surface area (Å²) in [6.45, 7) is 0. The highest BCUT2D eigenvalue weighted by atomic mass is 32.1. The van der Waals surface area contributed by atoms with E-state index in [-0.39, 0.29) is 5.91 Å². The maximum atomic E-state index is 12.7. The number of aromatic nitrogens is 2. The highest BCUT2D eigenvalue weighted by molar-refractivity contribution is 7.19. The molecule has 3 heterocycles. The van der Waals surface area contributed by atoms with Crippen molar-refractivity contribution in [3.05, 3.63) is 48.3 Å². The number of methoxy groups -OCH3 is 3. The molecule has 1 aromatic carbocycles. The molecular weight excluding hydrogens is 394 g/mol. The van der Waals surface area contributed by atoms with Crippen molar-refractivity contribution >= 4 is 33.3 Å². The normalized spacial score (nSPS) is 10.7. The Hall–Kier alpha value is -3.59. The largest absolute Gasteiger partial charge is 0.493 e. The first-order valence-corrected chi connectivity index (χ1v) is 9.36. The average molecular weight is 411 g/mol. The summed E-state index contributed by atoms with van der Waals surface area (Å²) >= 11 is 1.36. The van der Waals surface area contributed by atoms with Gasteiger partial charge in [0.1, 0.15) is 5.52 Å². The minimum Gasteiger partial charge on any atom is -0.493 e. The molecule has 0 bridgehead atoms. The molecule has 0 radical (unpaired) electrons. The van der Waals surface area contributed by atoms with Crippen LogP contribution in [0.15, 0.2) is 47.1 Å². The standard InChI is InChI=1S/C20H17N3O5S/c1-25-13-8-11(9-14(26-2)18(13)27-3)19(24)23-17-5-4-16(29-17)20-22-12-6-7-21-10-15(12)28-20/h4-10H,1-3H3,(H,23,24). The molecule has 0 saturated carbocycles. The number of nitrogens with one attached hydrogen (secondary N) is 1. The van der Waals surface area contributed by atoms with E-state index in [9.17, 15) is 4.79 Å². The molecule has 0 unspecified atom stereocenters. The Morgan fingerprint density at radius 1 is 1.07 bits per heavy atom. The van der Waals surface area contributed by atoms with Gasteiger partial charge in [0.25, 0.3) is 5.91 Å². The molecule has 9 heteroatoms. The summed E-state index contributed by atoms with van der Waals surface area (Å²) in [6, 6.07) is 8.61. The molecule has 1 amide bonds. The zero-order valence-electron chi connectivity index (χ0n) is 15.9. The number of fused-ring (bicyclic) bond motifs is 1. The summed E-state index contributed by atoms with van der Waals surface area (Å²) in [7, 11) is 4.51. The monoisotopic (exact) mass is 411 g/mol. The topological polar surface area (TPSA) is 95.7 Å². The van der Waals surface area contributed by atoms with Gasteiger partial charge in [-0.1, -0.05) is 0 Å². The van der Waals surface area contributed by atoms with E-state index < -0.39 is 0 Å². The van der Waals surface area contributed by atoms with Crippen molar-refractivity contribution in [1.29, 1.82) is 0 Å². The van der Waals surface area contributed by atoms with E-state index >= 15 is 0 Å². The number of carbonyl (C=O) groups is 1. The predicted octanol–water partition coefficient (Wildman–Crippen LogP) is 4.23. The Kier molecular flexibility index (Phi) is 5.05. The quantitative estimate of drug-likeness (QED) is 0.507. The summed E-state index contributed by atoms with van der Waals surface area (Å²) in [6.07, 6.45) is 3.28. The molecule has 0 atom stereocenters. The van der Waals surface area contributed by atoms with E-state index in [0.29, 0.717) is 39.3 Å². The third-order valence-corrected chi connectivity index (χ3v) is 5.16. The number of rotatable bonds is 6. The van der Waals surface area contributed by atoms with Gasteiger partial charge >= 0.3 is 0 Å². The molecule has 0 aliphatic rings. The zero-order chi connectivity index (χ0) is 20.4. The van der Waals surface area contributed by atoms with E-state index in [1.807, 2.05) is 6.07 Å². The number of ether oxygens (including phenoxy) is 3. The lowest BCUT2D eigenvalue weighted by atomic mass is 10.1. The van der Waals surface area contributed by atoms with Crippen LogP contribution in [0.25, 0.3) is 21.9 Å². The molecule has 29 heavy (non-hydrogen) atoms. The second kappa shape index (κ2) is 7.80. The smallest absolute Gasteiger partial charge is 0.256 e. The lowest BCUT2D eigenvalue weighted by Gasteiger charge is -2.13. The summed E-state index contributed by atoms with van der Waals surface area (Å²) in [4.78, 5) is 22.0. The van der Waals surface area contributed by atoms with Gasteiger partial charge in [0.05, 0.1) is 37.4 Å². The second-order valence-corrected chi connectivity index (χ2v) is 6.98. The Morgan fingerprint density at radius 3 is 2.48 bits per heavy atom. The van der Waals surface area contributed by atoms with Crippen molar-refractivity contribution in [2.45, 2.75) is 0 Å². The summed E-state index contributed by atoms with van der Waals surface area (Å²) in [5, 5.41) is 3.52. The summed E-state index contributed by atoms with van der Waals surface area (Å²) in [5.41, 5.74) is 1.72. The molecule has 4 aromatic rings. The molecule has 4 rings (SSSR count). The van der Waals surface area contributed by atoms with E-state index in [4.69, 9.17) is 18.6 Å². The van der Waals surface area contributed by atoms with Gasteiger partial charge in [-0.05, 0) is 30.3 Å². The first-order valence-electron chi connectivity index (χ1n) is 8.55. The van der Waals surface area contributed by atoms with Gasteiger partial charge in [0.15, 0.2) is 17.1 Å². The van der Waals surface area contributed by atoms with Gasteiger partial charge in [-0.15, -0.1) is 11.3 Å². The maximum Gasteiger partial charge on any atom is 0.256 e. The number of nitrogens with zero attached hydrogens (tertiary/aromatic N) is 2. The fraction of sp³-hybridized carbons (Fsp3) is 0.150. The summed E-state index contributed by atoms with van der Waals surface area (Å²) < 4.78 is 21.6. The number of thiophene rings is 1. The van der Waals surface area contributed by atoms with Gasteiger partial charge in [0.2, 0.25) is 11.6 Å². The Labute approximate surface area is 170 Å². The number of hydrogen-bond donors (Lipinski definition) is 1. The molecule has 8 nitrogen and oxygen atoms in total. The predicted molar refractivity (Wildman–Crippen MR) is 109 cm³/mol. The van der Waals surface area contributed by atoms with Gasteiger partial charge in [-0.3, -0.25) is 9.78 Å². The Morgan fingerprint density at radius 2 is 1.83 bits per heavy atom. The molecule has 148 valence electrons. The van der Waals surface area contributed by atoms with Gasteiger partial charge < -0.3 is 23.9 Å². The van der Waals surface area contributed by atoms with E-state index in [2.05, 4.69) is 15.3 Å². The molecule has 0 saturated heterocycles. The summed E-state index contributed by atoms with van der Waals surface area (Å²) in [5.74, 6) is 1.41. The Bertz CT molecular complexity index is 1130. The van der Waals surface area contributed by atoms with Gasteiger partial charge in [-0.2, -0.15) is 0 Å². The highest BCUT2D eigenvalue weighted by Crippen LogP contribution is 2.39. The first kappa shape index (κ1) is 18.8. The fourth-order valence-electron chi connectivity index (χ4n) is 2.80. The molecular formula is C20H17N3O5S. The maximum absolute atomic E-state index is 12.7. The number of carbonyl (C=O) groups excluding carboxylic acids is 1. The number of amides is 1. The van der Waals surface area contributed by atoms with Crippen LogP contribution in [0.3, 0.4) is 0 Å². The third-order valence-electron chi connectivity index (χ3n) is 4.17. The van der Waals surface area contributed by atoms with Crippen molar-refractivity contribution < 1.29 is 23.4 Å². The molecule has 0 aliphatic carbocycles. The SMILES string of the molecule is COc1cc(C(=O)Nc2ccc(-c3nc4ccncc4o3)s2)cc(OC)c1OC. The number of oxazole rings is 1. The third kappa shape index (κ3) is 3.59. The van der Waals surface area contributed by atoms with Crippen LogP contribution in [0.2, 0.25) is 0 Å². The average Bonchev–Trinajstić information content (AvgIpc) is 3.39. The number of benzene rings is 1. The van der Waals surface area contributed by atoms with Crippen molar-refractivity contribution in [2.24, 2.45) is 0 Å². The van der Waals surface area contributed by atoms with Crippen LogP contribution in [-0.2, 0) is 0 Å². The number of anilines is 1. The molecule has 0 spiro atoms. The minimum atomic E-state index is -0.306. The van der Waals surface area contributed by atoms with Crippen molar-refractivity contribution in [1.82, 2.24) is 9.97 Å². The minimum absolute atomic E-state index is 0.306. The van der Waals surface area contributed by atoms with Crippen molar-refractivity contribution in [3.8, 4) is 28.0 Å². The lowest BCUT2D eigenvalue weighted by molar-refractivity contribution is 0.102. The van der Waals surface area contributed by atoms with Crippen LogP contribution in [0.5, 0.6) is 17.2 Å². The van der Waals surface area contributed by atoms with Crippen LogP contribution in [-0.4, -0.2) is 37.2 Å². The zero-order valence-corrected chi connectivity index (χ0v) is 16.7. The highest BCUT2D eigenvalue weighted by Gasteiger charge is 2.18. The van der Waals surface area contributed by atoms with Crippen LogP contribution in [0, 0.1) is 0 Å². The van der Waals surface area contributed by atoms with Gasteiger partial charge in [-0.25, -0.2) is 4.98 Å². The molecule has 0 fully saturated rings. The lowest BCUT2D eigenvalue weighted by Crippen LogP contribution is -2.11. The second-order valence-electron chi connectivity index (χ2n) is 5.89. The number of pyridine rings is 1. The Balaban J connectivity index is 1.58. The van der Waals surface area contributed by atoms with Gasteiger partial charge in [0, 0.05) is 11.8 Å². The molecule has 3 aromatic heterocycles. The van der Waals surface area contributed by atoms with Crippen LogP contribution in [0.4, 0.5) is 5.00 Å². The van der Waals surface area contributed by atoms with Crippen LogP contribution in [0.1, 0.15) is 10.4 Å². The van der Waals surface area contributed by atoms with Crippen molar-refractivity contribution in [2.75, 3.05) is 26.6 Å². The number of hydrogen-bond acceptors (Lipinski definition) is 8. The van der Waals surface area contributed by atoms with E-state index in [1.54, 1.807) is 36.7 Å².